The quantitative estimate of drug-likeness (QED) is 0.785. The maximum atomic E-state index is 12.6. The molecule has 2 aromatic rings. The lowest BCUT2D eigenvalue weighted by Gasteiger charge is -2.23. The van der Waals surface area contributed by atoms with Gasteiger partial charge in [0.1, 0.15) is 11.8 Å². The summed E-state index contributed by atoms with van der Waals surface area (Å²) in [6, 6.07) is 6.01. The number of carbonyl (C=O) groups excluding carboxylic acids is 2. The molecule has 0 radical (unpaired) electrons. The Morgan fingerprint density at radius 2 is 2.11 bits per heavy atom. The molecule has 0 bridgehead atoms. The maximum Gasteiger partial charge on any atom is 0.243 e. The van der Waals surface area contributed by atoms with Crippen molar-refractivity contribution in [3.05, 3.63) is 51.3 Å². The van der Waals surface area contributed by atoms with Crippen LogP contribution in [0.5, 0.6) is 0 Å². The number of amides is 2. The summed E-state index contributed by atoms with van der Waals surface area (Å²) in [6.07, 6.45) is -0.565. The van der Waals surface area contributed by atoms with E-state index in [1.165, 1.54) is 4.90 Å². The zero-order valence-corrected chi connectivity index (χ0v) is 16.1. The highest BCUT2D eigenvalue weighted by Gasteiger charge is 2.38. The Balaban J connectivity index is 1.62. The van der Waals surface area contributed by atoms with E-state index in [1.807, 2.05) is 0 Å². The second kappa shape index (κ2) is 8.29. The predicted molar refractivity (Wildman–Crippen MR) is 99.4 cm³/mol. The molecule has 0 spiro atoms. The van der Waals surface area contributed by atoms with Crippen LogP contribution in [-0.2, 0) is 22.6 Å². The van der Waals surface area contributed by atoms with Gasteiger partial charge in [-0.2, -0.15) is 0 Å². The van der Waals surface area contributed by atoms with Gasteiger partial charge in [0.25, 0.3) is 0 Å². The zero-order valence-electron chi connectivity index (χ0n) is 14.6. The normalized spacial score (nSPS) is 19.3. The Kier molecular flexibility index (Phi) is 6.04. The van der Waals surface area contributed by atoms with E-state index in [9.17, 15) is 14.7 Å². The average molecular weight is 412 g/mol. The van der Waals surface area contributed by atoms with E-state index in [1.54, 1.807) is 31.2 Å². The van der Waals surface area contributed by atoms with Crippen LogP contribution >= 0.6 is 23.2 Å². The third-order valence-electron chi connectivity index (χ3n) is 4.35. The number of aryl methyl sites for hydroxylation is 1. The van der Waals surface area contributed by atoms with Gasteiger partial charge in [-0.05, 0) is 24.6 Å². The highest BCUT2D eigenvalue weighted by atomic mass is 35.5. The van der Waals surface area contributed by atoms with Crippen LogP contribution in [0.25, 0.3) is 0 Å². The number of carbonyl (C=O) groups is 2. The Morgan fingerprint density at radius 1 is 1.33 bits per heavy atom. The van der Waals surface area contributed by atoms with Crippen molar-refractivity contribution in [3.8, 4) is 0 Å². The van der Waals surface area contributed by atoms with Crippen LogP contribution < -0.4 is 5.32 Å². The molecule has 1 aliphatic heterocycles. The van der Waals surface area contributed by atoms with Crippen LogP contribution in [0.15, 0.2) is 28.8 Å². The second-order valence-electron chi connectivity index (χ2n) is 6.53. The van der Waals surface area contributed by atoms with E-state index >= 15 is 0 Å². The van der Waals surface area contributed by atoms with E-state index < -0.39 is 12.1 Å². The van der Waals surface area contributed by atoms with Crippen molar-refractivity contribution in [1.82, 2.24) is 15.4 Å². The van der Waals surface area contributed by atoms with Gasteiger partial charge < -0.3 is 19.8 Å². The summed E-state index contributed by atoms with van der Waals surface area (Å²) in [5.74, 6) is -0.203. The monoisotopic (exact) mass is 411 g/mol. The first-order valence-corrected chi connectivity index (χ1v) is 9.20. The van der Waals surface area contributed by atoms with Crippen molar-refractivity contribution in [2.24, 2.45) is 0 Å². The number of aromatic nitrogens is 1. The molecule has 1 aliphatic rings. The largest absolute Gasteiger partial charge is 0.391 e. The molecular weight excluding hydrogens is 393 g/mol. The van der Waals surface area contributed by atoms with E-state index in [2.05, 4.69) is 10.5 Å². The summed E-state index contributed by atoms with van der Waals surface area (Å²) < 4.78 is 5.06. The fourth-order valence-electron chi connectivity index (χ4n) is 3.04. The van der Waals surface area contributed by atoms with Crippen molar-refractivity contribution >= 4 is 35.0 Å². The molecule has 9 heteroatoms. The summed E-state index contributed by atoms with van der Waals surface area (Å²) in [5, 5.41) is 17.3. The van der Waals surface area contributed by atoms with Crippen LogP contribution in [0.2, 0.25) is 10.0 Å². The number of aliphatic hydroxyl groups excluding tert-OH is 1. The molecule has 27 heavy (non-hydrogen) atoms. The molecule has 1 aromatic carbocycles. The molecule has 2 heterocycles. The van der Waals surface area contributed by atoms with E-state index in [4.69, 9.17) is 27.7 Å². The molecule has 7 nitrogen and oxygen atoms in total. The Bertz CT molecular complexity index is 855. The summed E-state index contributed by atoms with van der Waals surface area (Å²) >= 11 is 11.9. The summed E-state index contributed by atoms with van der Waals surface area (Å²) in [7, 11) is 0. The number of halogens is 2. The average Bonchev–Trinajstić information content (AvgIpc) is 3.21. The molecule has 0 saturated carbocycles. The molecule has 2 amide bonds. The van der Waals surface area contributed by atoms with Crippen molar-refractivity contribution in [3.63, 3.8) is 0 Å². The molecular formula is C18H19Cl2N3O4. The Labute approximate surface area is 166 Å². The number of aliphatic hydroxyl groups is 1. The van der Waals surface area contributed by atoms with Gasteiger partial charge in [-0.25, -0.2) is 0 Å². The molecule has 3 rings (SSSR count). The number of nitrogens with one attached hydrogen (secondary N) is 1. The van der Waals surface area contributed by atoms with Crippen LogP contribution in [-0.4, -0.2) is 45.7 Å². The van der Waals surface area contributed by atoms with Gasteiger partial charge in [-0.3, -0.25) is 9.59 Å². The van der Waals surface area contributed by atoms with E-state index in [-0.39, 0.29) is 37.7 Å². The number of benzene rings is 1. The molecule has 1 aromatic heterocycles. The molecule has 2 atom stereocenters. The molecule has 144 valence electrons. The zero-order chi connectivity index (χ0) is 19.6. The summed E-state index contributed by atoms with van der Waals surface area (Å²) in [4.78, 5) is 26.5. The summed E-state index contributed by atoms with van der Waals surface area (Å²) in [5.41, 5.74) is 1.46. The fraction of sp³-hybridized carbons (Fsp3) is 0.389. The SMILES string of the molecule is Cc1cc(CC(=O)N2CC(O)CC2C(=O)NCc2ccc(Cl)c(Cl)c2)on1. The molecule has 1 saturated heterocycles. The highest BCUT2D eigenvalue weighted by molar-refractivity contribution is 6.42. The van der Waals surface area contributed by atoms with Gasteiger partial charge in [-0.1, -0.05) is 34.4 Å². The summed E-state index contributed by atoms with van der Waals surface area (Å²) in [6.45, 7) is 2.11. The van der Waals surface area contributed by atoms with Gasteiger partial charge in [0.15, 0.2) is 0 Å². The van der Waals surface area contributed by atoms with Gasteiger partial charge in [0.05, 0.1) is 28.3 Å². The minimum absolute atomic E-state index is 0.00979. The van der Waals surface area contributed by atoms with Crippen molar-refractivity contribution in [1.29, 1.82) is 0 Å². The lowest BCUT2D eigenvalue weighted by Crippen LogP contribution is -2.46. The highest BCUT2D eigenvalue weighted by Crippen LogP contribution is 2.23. The topological polar surface area (TPSA) is 95.7 Å². The molecule has 2 unspecified atom stereocenters. The number of rotatable bonds is 5. The van der Waals surface area contributed by atoms with Crippen molar-refractivity contribution < 1.29 is 19.2 Å². The van der Waals surface area contributed by atoms with E-state index in [0.717, 1.165) is 5.56 Å². The fourth-order valence-corrected chi connectivity index (χ4v) is 3.37. The first-order valence-electron chi connectivity index (χ1n) is 8.45. The lowest BCUT2D eigenvalue weighted by atomic mass is 10.1. The van der Waals surface area contributed by atoms with Crippen LogP contribution in [0.3, 0.4) is 0 Å². The third-order valence-corrected chi connectivity index (χ3v) is 5.09. The predicted octanol–water partition coefficient (Wildman–Crippen LogP) is 2.11. The first kappa shape index (κ1) is 19.7. The Hall–Kier alpha value is -2.09. The number of β-amino-alcohol motifs (C(OH)–C–C–N with tert-alkyl or cyclic N) is 1. The number of likely N-dealkylation sites (tertiary alicyclic amines) is 1. The van der Waals surface area contributed by atoms with Gasteiger partial charge in [0.2, 0.25) is 11.8 Å². The number of hydrogen-bond donors (Lipinski definition) is 2. The minimum atomic E-state index is -0.744. The second-order valence-corrected chi connectivity index (χ2v) is 7.34. The minimum Gasteiger partial charge on any atom is -0.391 e. The van der Waals surface area contributed by atoms with Gasteiger partial charge in [0, 0.05) is 25.6 Å². The van der Waals surface area contributed by atoms with E-state index in [0.29, 0.717) is 21.5 Å². The van der Waals surface area contributed by atoms with Gasteiger partial charge >= 0.3 is 0 Å². The maximum absolute atomic E-state index is 12.6. The van der Waals surface area contributed by atoms with Crippen molar-refractivity contribution in [2.75, 3.05) is 6.54 Å². The third kappa shape index (κ3) is 4.80. The smallest absolute Gasteiger partial charge is 0.243 e. The van der Waals surface area contributed by atoms with Crippen LogP contribution in [0.1, 0.15) is 23.4 Å². The molecule has 1 fully saturated rings. The standard InChI is InChI=1S/C18H19Cl2N3O4/c1-10-4-13(27-22-10)7-17(25)23-9-12(24)6-16(23)18(26)21-8-11-2-3-14(19)15(20)5-11/h2-5,12,16,24H,6-9H2,1H3,(H,21,26). The van der Waals surface area contributed by atoms with Gasteiger partial charge in [-0.15, -0.1) is 0 Å². The lowest BCUT2D eigenvalue weighted by molar-refractivity contribution is -0.138. The number of nitrogens with zero attached hydrogens (tertiary/aromatic N) is 2. The van der Waals surface area contributed by atoms with Crippen LogP contribution in [0, 0.1) is 6.92 Å². The molecule has 0 aliphatic carbocycles. The first-order chi connectivity index (χ1) is 12.8. The molecule has 2 N–H and O–H groups in total. The Morgan fingerprint density at radius 3 is 2.78 bits per heavy atom. The van der Waals surface area contributed by atoms with Crippen molar-refractivity contribution in [2.45, 2.75) is 38.5 Å². The van der Waals surface area contributed by atoms with Crippen LogP contribution in [0.4, 0.5) is 0 Å². The number of hydrogen-bond acceptors (Lipinski definition) is 5.